The molecular formula is C13H14ClFN2S. The number of hydrogen-bond acceptors (Lipinski definition) is 3. The smallest absolute Gasteiger partial charge is 0.142 e. The van der Waals surface area contributed by atoms with Crippen molar-refractivity contribution in [3.63, 3.8) is 0 Å². The van der Waals surface area contributed by atoms with Gasteiger partial charge in [0.2, 0.25) is 0 Å². The Bertz CT molecular complexity index is 527. The van der Waals surface area contributed by atoms with E-state index < -0.39 is 5.82 Å². The second-order valence-corrected chi connectivity index (χ2v) is 5.21. The molecule has 0 fully saturated rings. The first-order chi connectivity index (χ1) is 8.70. The molecule has 0 saturated carbocycles. The van der Waals surface area contributed by atoms with Crippen LogP contribution in [0, 0.1) is 5.82 Å². The highest BCUT2D eigenvalue weighted by Gasteiger charge is 2.07. The van der Waals surface area contributed by atoms with Crippen LogP contribution in [0.5, 0.6) is 0 Å². The summed E-state index contributed by atoms with van der Waals surface area (Å²) in [6.45, 7) is 3.85. The minimum absolute atomic E-state index is 0.139. The summed E-state index contributed by atoms with van der Waals surface area (Å²) < 4.78 is 13.4. The fourth-order valence-corrected chi connectivity index (χ4v) is 2.48. The van der Waals surface area contributed by atoms with E-state index in [1.54, 1.807) is 12.1 Å². The molecule has 0 saturated heterocycles. The number of nitrogens with zero attached hydrogens (tertiary/aromatic N) is 1. The molecule has 2 rings (SSSR count). The molecule has 18 heavy (non-hydrogen) atoms. The highest BCUT2D eigenvalue weighted by Crippen LogP contribution is 2.26. The highest BCUT2D eigenvalue weighted by molar-refractivity contribution is 7.13. The first-order valence-electron chi connectivity index (χ1n) is 5.81. The molecular weight excluding hydrogens is 271 g/mol. The third-order valence-corrected chi connectivity index (χ3v) is 3.70. The van der Waals surface area contributed by atoms with Gasteiger partial charge in [-0.15, -0.1) is 11.3 Å². The number of thiazole rings is 1. The van der Waals surface area contributed by atoms with Gasteiger partial charge >= 0.3 is 0 Å². The molecule has 2 aromatic rings. The van der Waals surface area contributed by atoms with Crippen LogP contribution in [0.4, 0.5) is 4.39 Å². The van der Waals surface area contributed by atoms with Crippen LogP contribution in [0.1, 0.15) is 19.0 Å². The van der Waals surface area contributed by atoms with E-state index in [-0.39, 0.29) is 5.02 Å². The zero-order valence-corrected chi connectivity index (χ0v) is 11.6. The average molecular weight is 285 g/mol. The molecule has 1 aromatic heterocycles. The lowest BCUT2D eigenvalue weighted by Gasteiger charge is -1.99. The van der Waals surface area contributed by atoms with E-state index >= 15 is 0 Å². The van der Waals surface area contributed by atoms with Crippen LogP contribution in [0.2, 0.25) is 5.02 Å². The number of halogens is 2. The molecule has 0 radical (unpaired) electrons. The van der Waals surface area contributed by atoms with Gasteiger partial charge in [0.15, 0.2) is 0 Å². The lowest BCUT2D eigenvalue weighted by Crippen LogP contribution is -2.13. The van der Waals surface area contributed by atoms with Gasteiger partial charge in [0.1, 0.15) is 10.8 Å². The van der Waals surface area contributed by atoms with Gasteiger partial charge in [-0.2, -0.15) is 0 Å². The summed E-state index contributed by atoms with van der Waals surface area (Å²) in [4.78, 5) is 4.47. The van der Waals surface area contributed by atoms with Crippen LogP contribution < -0.4 is 5.32 Å². The Morgan fingerprint density at radius 2 is 2.28 bits per heavy atom. The summed E-state index contributed by atoms with van der Waals surface area (Å²) in [6.07, 6.45) is 1.10. The lowest BCUT2D eigenvalue weighted by atomic mass is 10.2. The van der Waals surface area contributed by atoms with Crippen LogP contribution in [0.25, 0.3) is 10.6 Å². The molecule has 0 amide bonds. The zero-order chi connectivity index (χ0) is 13.0. The zero-order valence-electron chi connectivity index (χ0n) is 10.0. The van der Waals surface area contributed by atoms with Crippen LogP contribution in [-0.4, -0.2) is 11.5 Å². The summed E-state index contributed by atoms with van der Waals surface area (Å²) in [5.41, 5.74) is 1.75. The number of hydrogen-bond donors (Lipinski definition) is 1. The van der Waals surface area contributed by atoms with Crippen molar-refractivity contribution < 1.29 is 4.39 Å². The standard InChI is InChI=1S/C13H14ClFN2S/c1-2-5-16-7-10-8-18-13(17-10)9-3-4-11(14)12(15)6-9/h3-4,6,8,16H,2,5,7H2,1H3. The highest BCUT2D eigenvalue weighted by atomic mass is 35.5. The van der Waals surface area contributed by atoms with Crippen LogP contribution in [0.3, 0.4) is 0 Å². The maximum Gasteiger partial charge on any atom is 0.142 e. The SMILES string of the molecule is CCCNCc1csc(-c2ccc(Cl)c(F)c2)n1. The van der Waals surface area contributed by atoms with Crippen molar-refractivity contribution in [3.05, 3.63) is 40.1 Å². The maximum absolute atomic E-state index is 13.4. The van der Waals surface area contributed by atoms with E-state index in [9.17, 15) is 4.39 Å². The Morgan fingerprint density at radius 1 is 1.44 bits per heavy atom. The molecule has 0 atom stereocenters. The van der Waals surface area contributed by atoms with Crippen LogP contribution >= 0.6 is 22.9 Å². The summed E-state index contributed by atoms with van der Waals surface area (Å²) >= 11 is 7.17. The molecule has 1 N–H and O–H groups in total. The minimum Gasteiger partial charge on any atom is -0.311 e. The monoisotopic (exact) mass is 284 g/mol. The molecule has 1 heterocycles. The first kappa shape index (κ1) is 13.5. The van der Waals surface area contributed by atoms with Gasteiger partial charge in [-0.3, -0.25) is 0 Å². The predicted molar refractivity (Wildman–Crippen MR) is 74.5 cm³/mol. The van der Waals surface area contributed by atoms with Crippen molar-refractivity contribution in [2.75, 3.05) is 6.54 Å². The number of benzene rings is 1. The van der Waals surface area contributed by atoms with E-state index in [4.69, 9.17) is 11.6 Å². The molecule has 0 aliphatic rings. The summed E-state index contributed by atoms with van der Waals surface area (Å²) in [6, 6.07) is 4.76. The number of nitrogens with one attached hydrogen (secondary N) is 1. The molecule has 96 valence electrons. The van der Waals surface area contributed by atoms with E-state index in [0.29, 0.717) is 0 Å². The van der Waals surface area contributed by atoms with Crippen molar-refractivity contribution in [2.45, 2.75) is 19.9 Å². The maximum atomic E-state index is 13.4. The molecule has 0 aliphatic heterocycles. The number of rotatable bonds is 5. The van der Waals surface area contributed by atoms with Gasteiger partial charge in [0.25, 0.3) is 0 Å². The molecule has 0 aliphatic carbocycles. The van der Waals surface area contributed by atoms with Gasteiger partial charge in [-0.1, -0.05) is 24.6 Å². The van der Waals surface area contributed by atoms with E-state index in [1.807, 2.05) is 5.38 Å². The van der Waals surface area contributed by atoms with Crippen LogP contribution in [0.15, 0.2) is 23.6 Å². The Labute approximate surface area is 115 Å². The van der Waals surface area contributed by atoms with Gasteiger partial charge in [-0.25, -0.2) is 9.37 Å². The number of aromatic nitrogens is 1. The van der Waals surface area contributed by atoms with Crippen molar-refractivity contribution in [2.24, 2.45) is 0 Å². The topological polar surface area (TPSA) is 24.9 Å². The Kier molecular flexibility index (Phi) is 4.69. The quantitative estimate of drug-likeness (QED) is 0.836. The van der Waals surface area contributed by atoms with Crippen molar-refractivity contribution in [1.82, 2.24) is 10.3 Å². The predicted octanol–water partition coefficient (Wildman–Crippen LogP) is 4.10. The van der Waals surface area contributed by atoms with Gasteiger partial charge < -0.3 is 5.32 Å². The van der Waals surface area contributed by atoms with Gasteiger partial charge in [-0.05, 0) is 25.1 Å². The minimum atomic E-state index is -0.407. The average Bonchev–Trinajstić information content (AvgIpc) is 2.82. The largest absolute Gasteiger partial charge is 0.311 e. The van der Waals surface area contributed by atoms with E-state index in [0.717, 1.165) is 35.8 Å². The molecule has 0 unspecified atom stereocenters. The summed E-state index contributed by atoms with van der Waals surface area (Å²) in [7, 11) is 0. The van der Waals surface area contributed by atoms with Gasteiger partial charge in [0.05, 0.1) is 10.7 Å². The van der Waals surface area contributed by atoms with Crippen molar-refractivity contribution in [3.8, 4) is 10.6 Å². The molecule has 0 spiro atoms. The molecule has 2 nitrogen and oxygen atoms in total. The Morgan fingerprint density at radius 3 is 3.00 bits per heavy atom. The fraction of sp³-hybridized carbons (Fsp3) is 0.308. The van der Waals surface area contributed by atoms with Crippen LogP contribution in [-0.2, 0) is 6.54 Å². The van der Waals surface area contributed by atoms with Crippen molar-refractivity contribution in [1.29, 1.82) is 0 Å². The third-order valence-electron chi connectivity index (χ3n) is 2.45. The second-order valence-electron chi connectivity index (χ2n) is 3.95. The molecule has 1 aromatic carbocycles. The normalized spacial score (nSPS) is 10.8. The third kappa shape index (κ3) is 3.28. The Hall–Kier alpha value is -0.970. The molecule has 0 bridgehead atoms. The lowest BCUT2D eigenvalue weighted by molar-refractivity contribution is 0.628. The Balaban J connectivity index is 2.11. The van der Waals surface area contributed by atoms with E-state index in [1.165, 1.54) is 17.4 Å². The molecule has 5 heteroatoms. The van der Waals surface area contributed by atoms with E-state index in [2.05, 4.69) is 17.2 Å². The first-order valence-corrected chi connectivity index (χ1v) is 7.07. The van der Waals surface area contributed by atoms with Gasteiger partial charge in [0, 0.05) is 17.5 Å². The summed E-state index contributed by atoms with van der Waals surface area (Å²) in [5, 5.41) is 6.23. The fourth-order valence-electron chi connectivity index (χ4n) is 1.54. The van der Waals surface area contributed by atoms with Crippen molar-refractivity contribution >= 4 is 22.9 Å². The second kappa shape index (κ2) is 6.27. The summed E-state index contributed by atoms with van der Waals surface area (Å²) in [5.74, 6) is -0.407.